The quantitative estimate of drug-likeness (QED) is 0.107. The third-order valence-corrected chi connectivity index (χ3v) is 8.17. The Morgan fingerprint density at radius 3 is 1.39 bits per heavy atom. The van der Waals surface area contributed by atoms with Gasteiger partial charge >= 0.3 is 0 Å². The van der Waals surface area contributed by atoms with Crippen molar-refractivity contribution in [3.63, 3.8) is 0 Å². The van der Waals surface area contributed by atoms with Gasteiger partial charge in [-0.25, -0.2) is 18.6 Å². The van der Waals surface area contributed by atoms with Crippen LogP contribution in [-0.2, 0) is 41.0 Å². The number of nitro benzene ring substituents is 1. The molecule has 0 saturated heterocycles. The van der Waals surface area contributed by atoms with Crippen LogP contribution >= 0.6 is 23.2 Å². The number of amides is 4. The summed E-state index contributed by atoms with van der Waals surface area (Å²) in [4.78, 5) is 70.0. The number of carboxylic acid groups (broad SMARTS) is 1. The van der Waals surface area contributed by atoms with Gasteiger partial charge in [0, 0.05) is 58.4 Å². The molecule has 2 aliphatic carbocycles. The molecule has 0 bridgehead atoms. The number of hydrogen-bond acceptors (Lipinski definition) is 8. The number of halogens is 4. The zero-order valence-electron chi connectivity index (χ0n) is 24.6. The van der Waals surface area contributed by atoms with Gasteiger partial charge in [-0.05, 0) is 63.5 Å². The summed E-state index contributed by atoms with van der Waals surface area (Å²) in [6.07, 6.45) is 5.39. The van der Waals surface area contributed by atoms with Crippen LogP contribution < -0.4 is 15.5 Å². The van der Waals surface area contributed by atoms with Gasteiger partial charge in [0.2, 0.25) is 0 Å². The summed E-state index contributed by atoms with van der Waals surface area (Å²) in [5, 5.41) is 18.0. The standard InChI is InChI=1S/C14H10ClFN2O4.C14H12ClFN2O2.C2H4O2.2CH4.Fe/c15-9-5-10(16)12(6-11(9)18(21)22)17-13(19)7-3-1-2-4-8(7)14(17)20;15-9-5-10(16)12(6-11(9)17)18-13(19)7-3-1-2-4-8(7)14(18)20;1-2(3)4;;;/h5-6H,1-4H2;5-6H,1-4,17H2;1H3,(H,3,4);2*1H4;. The number of anilines is 3. The van der Waals surface area contributed by atoms with Crippen LogP contribution in [0.15, 0.2) is 46.6 Å². The first-order chi connectivity index (χ1) is 21.6. The number of nitrogen functional groups attached to an aromatic ring is 1. The van der Waals surface area contributed by atoms with Crippen molar-refractivity contribution in [2.24, 2.45) is 0 Å². The number of carbonyl (C=O) groups is 5. The maximum absolute atomic E-state index is 14.1. The summed E-state index contributed by atoms with van der Waals surface area (Å²) in [5.74, 6) is -4.59. The smallest absolute Gasteiger partial charge is 0.300 e. The SMILES string of the molecule is C.C.CC(=O)O.Nc1cc(N2C(=O)C3=C(CCCC3)C2=O)c(F)cc1Cl.O=C1C2=C(CCCC2)C(=O)N1c1cc([N+](=O)[O-])c(Cl)cc1F.[Fe]. The van der Waals surface area contributed by atoms with Gasteiger partial charge in [0.25, 0.3) is 35.3 Å². The molecule has 0 unspecified atom stereocenters. The monoisotopic (exact) mass is 766 g/mol. The summed E-state index contributed by atoms with van der Waals surface area (Å²) >= 11 is 11.3. The Kier molecular flexibility index (Phi) is 15.3. The summed E-state index contributed by atoms with van der Waals surface area (Å²) in [7, 11) is 0. The van der Waals surface area contributed by atoms with Gasteiger partial charge in [-0.2, -0.15) is 0 Å². The fourth-order valence-electron chi connectivity index (χ4n) is 5.48. The summed E-state index contributed by atoms with van der Waals surface area (Å²) in [6.45, 7) is 1.08. The second kappa shape index (κ2) is 17.5. The van der Waals surface area contributed by atoms with Crippen molar-refractivity contribution in [1.29, 1.82) is 0 Å². The molecule has 2 heterocycles. The molecule has 3 N–H and O–H groups in total. The maximum Gasteiger partial charge on any atom is 0.300 e. The first kappa shape index (κ1) is 42.9. The van der Waals surface area contributed by atoms with Crippen molar-refractivity contribution >= 4 is 75.5 Å². The average Bonchev–Trinajstić information content (AvgIpc) is 3.39. The minimum atomic E-state index is -0.947. The average molecular weight is 767 g/mol. The number of nitro groups is 1. The molecular weight excluding hydrogens is 733 g/mol. The van der Waals surface area contributed by atoms with Gasteiger partial charge in [-0.1, -0.05) is 38.1 Å². The van der Waals surface area contributed by atoms with E-state index in [-0.39, 0.29) is 53.3 Å². The molecule has 2 aromatic rings. The van der Waals surface area contributed by atoms with Crippen LogP contribution in [-0.4, -0.2) is 39.6 Å². The van der Waals surface area contributed by atoms with Crippen molar-refractivity contribution in [1.82, 2.24) is 0 Å². The normalized spacial score (nSPS) is 16.3. The van der Waals surface area contributed by atoms with E-state index in [1.54, 1.807) is 0 Å². The minimum absolute atomic E-state index is 0. The van der Waals surface area contributed by atoms with Gasteiger partial charge in [0.05, 0.1) is 27.0 Å². The summed E-state index contributed by atoms with van der Waals surface area (Å²) in [6, 6.07) is 3.81. The zero-order valence-corrected chi connectivity index (χ0v) is 27.2. The van der Waals surface area contributed by atoms with Crippen molar-refractivity contribution < 1.29 is 59.9 Å². The van der Waals surface area contributed by atoms with E-state index < -0.39 is 57.5 Å². The molecule has 0 radical (unpaired) electrons. The number of hydrogen-bond donors (Lipinski definition) is 2. The van der Waals surface area contributed by atoms with E-state index in [0.717, 1.165) is 55.7 Å². The maximum atomic E-state index is 14.1. The van der Waals surface area contributed by atoms with E-state index in [9.17, 15) is 38.1 Å². The molecule has 12 nitrogen and oxygen atoms in total. The minimum Gasteiger partial charge on any atom is -0.481 e. The number of nitrogens with two attached hydrogens (primary N) is 1. The number of nitrogens with zero attached hydrogens (tertiary/aromatic N) is 3. The Morgan fingerprint density at radius 2 is 1.06 bits per heavy atom. The predicted octanol–water partition coefficient (Wildman–Crippen LogP) is 7.30. The molecule has 0 saturated carbocycles. The topological polar surface area (TPSA) is 181 Å². The number of aliphatic carboxylic acids is 1. The third kappa shape index (κ3) is 8.71. The van der Waals surface area contributed by atoms with E-state index in [2.05, 4.69) is 0 Å². The van der Waals surface area contributed by atoms with Gasteiger partial charge in [0.15, 0.2) is 0 Å². The fraction of sp³-hybridized carbons (Fsp3) is 0.344. The van der Waals surface area contributed by atoms with Crippen LogP contribution in [0.3, 0.4) is 0 Å². The Hall–Kier alpha value is -4.17. The number of rotatable bonds is 3. The van der Waals surface area contributed by atoms with Gasteiger partial charge in [-0.3, -0.25) is 34.1 Å². The second-order valence-electron chi connectivity index (χ2n) is 10.6. The fourth-order valence-corrected chi connectivity index (χ4v) is 5.85. The van der Waals surface area contributed by atoms with E-state index in [0.29, 0.717) is 52.9 Å². The molecule has 49 heavy (non-hydrogen) atoms. The Morgan fingerprint density at radius 1 is 0.755 bits per heavy atom. The van der Waals surface area contributed by atoms with Crippen molar-refractivity contribution in [3.8, 4) is 0 Å². The molecule has 0 atom stereocenters. The number of carboxylic acids is 1. The van der Waals surface area contributed by atoms with Gasteiger partial charge in [-0.15, -0.1) is 0 Å². The molecule has 2 aliphatic heterocycles. The van der Waals surface area contributed by atoms with Crippen LogP contribution in [0.4, 0.5) is 31.5 Å². The van der Waals surface area contributed by atoms with Crippen LogP contribution in [0.2, 0.25) is 10.0 Å². The second-order valence-corrected chi connectivity index (χ2v) is 11.4. The first-order valence-electron chi connectivity index (χ1n) is 13.9. The van der Waals surface area contributed by atoms with E-state index in [1.165, 1.54) is 6.07 Å². The zero-order chi connectivity index (χ0) is 34.0. The molecular formula is C32H34Cl2F2FeN4O8. The van der Waals surface area contributed by atoms with Crippen molar-refractivity contribution in [3.05, 3.63) is 78.4 Å². The van der Waals surface area contributed by atoms with E-state index >= 15 is 0 Å². The third-order valence-electron chi connectivity index (χ3n) is 7.54. The molecule has 0 spiro atoms. The molecule has 4 amide bonds. The number of carbonyl (C=O) groups excluding carboxylic acids is 4. The van der Waals surface area contributed by atoms with Crippen LogP contribution in [0, 0.1) is 21.7 Å². The molecule has 4 aliphatic rings. The Balaban J connectivity index is 0.000000420. The number of imide groups is 2. The molecule has 266 valence electrons. The van der Waals surface area contributed by atoms with Crippen LogP contribution in [0.1, 0.15) is 73.1 Å². The molecule has 17 heteroatoms. The Labute approximate surface area is 301 Å². The Bertz CT molecular complexity index is 1720. The van der Waals surface area contributed by atoms with Crippen molar-refractivity contribution in [2.45, 2.75) is 73.1 Å². The molecule has 2 aromatic carbocycles. The molecule has 0 aromatic heterocycles. The van der Waals surface area contributed by atoms with Gasteiger partial charge < -0.3 is 10.8 Å². The summed E-state index contributed by atoms with van der Waals surface area (Å²) < 4.78 is 28.1. The first-order valence-corrected chi connectivity index (χ1v) is 14.7. The largest absolute Gasteiger partial charge is 0.481 e. The summed E-state index contributed by atoms with van der Waals surface area (Å²) in [5.41, 5.74) is 6.44. The van der Waals surface area contributed by atoms with Gasteiger partial charge in [0.1, 0.15) is 16.7 Å². The van der Waals surface area contributed by atoms with E-state index in [4.69, 9.17) is 38.8 Å². The molecule has 6 rings (SSSR count). The predicted molar refractivity (Wildman–Crippen MR) is 177 cm³/mol. The van der Waals surface area contributed by atoms with Crippen LogP contribution in [0.5, 0.6) is 0 Å². The van der Waals surface area contributed by atoms with Crippen LogP contribution in [0.25, 0.3) is 0 Å². The van der Waals surface area contributed by atoms with Crippen molar-refractivity contribution in [2.75, 3.05) is 15.5 Å². The van der Waals surface area contributed by atoms with E-state index in [1.807, 2.05) is 0 Å². The number of benzene rings is 2. The molecule has 0 fully saturated rings.